The van der Waals surface area contributed by atoms with Gasteiger partial charge >= 0.3 is 0 Å². The second kappa shape index (κ2) is 4.92. The summed E-state index contributed by atoms with van der Waals surface area (Å²) in [5.41, 5.74) is 0.866. The van der Waals surface area contributed by atoms with E-state index in [9.17, 15) is 0 Å². The largest absolute Gasteiger partial charge is 0.265 e. The van der Waals surface area contributed by atoms with E-state index in [1.807, 2.05) is 37.3 Å². The Bertz CT molecular complexity index is 374. The molecule has 0 atom stereocenters. The van der Waals surface area contributed by atoms with Gasteiger partial charge in [0.15, 0.2) is 0 Å². The van der Waals surface area contributed by atoms with E-state index in [2.05, 4.69) is 37.6 Å². The fraction of sp³-hybridized carbons (Fsp3) is 0.385. The van der Waals surface area contributed by atoms with E-state index in [4.69, 9.17) is 0 Å². The number of aliphatic imine (C=N–C) groups is 1. The van der Waals surface area contributed by atoms with Crippen LogP contribution in [0.25, 0.3) is 0 Å². The van der Waals surface area contributed by atoms with E-state index in [-0.39, 0.29) is 5.54 Å². The van der Waals surface area contributed by atoms with E-state index < -0.39 is 0 Å². The summed E-state index contributed by atoms with van der Waals surface area (Å²) >= 11 is 0. The van der Waals surface area contributed by atoms with Crippen LogP contribution in [0.2, 0.25) is 0 Å². The Labute approximate surface area is 97.5 Å². The zero-order chi connectivity index (χ0) is 12.2. The number of hydrazone groups is 1. The van der Waals surface area contributed by atoms with Crippen molar-refractivity contribution in [1.82, 2.24) is 0 Å². The van der Waals surface area contributed by atoms with Gasteiger partial charge in [-0.05, 0) is 39.8 Å². The van der Waals surface area contributed by atoms with E-state index in [1.54, 1.807) is 5.01 Å². The van der Waals surface area contributed by atoms with Crippen LogP contribution in [0.15, 0.2) is 40.4 Å². The van der Waals surface area contributed by atoms with Crippen LogP contribution in [0.4, 0.5) is 5.69 Å². The van der Waals surface area contributed by atoms with Gasteiger partial charge in [-0.3, -0.25) is 4.99 Å². The minimum atomic E-state index is -0.109. The second-order valence-electron chi connectivity index (χ2n) is 4.62. The number of benzene rings is 1. The molecule has 86 valence electrons. The standard InChI is InChI=1S/C13H19N3/c1-11(15-13(2,3)4)16(14-5)12-9-7-6-8-10-12/h6-10H,5H2,1-4H3/b15-11+. The Morgan fingerprint density at radius 1 is 1.19 bits per heavy atom. The predicted molar refractivity (Wildman–Crippen MR) is 71.3 cm³/mol. The van der Waals surface area contributed by atoms with Gasteiger partial charge in [-0.1, -0.05) is 18.2 Å². The maximum Gasteiger partial charge on any atom is 0.122 e. The summed E-state index contributed by atoms with van der Waals surface area (Å²) in [6.07, 6.45) is 0. The molecule has 1 rings (SSSR count). The zero-order valence-electron chi connectivity index (χ0n) is 10.4. The Morgan fingerprint density at radius 2 is 1.75 bits per heavy atom. The second-order valence-corrected chi connectivity index (χ2v) is 4.62. The van der Waals surface area contributed by atoms with E-state index >= 15 is 0 Å². The number of para-hydroxylation sites is 1. The normalized spacial score (nSPS) is 12.4. The van der Waals surface area contributed by atoms with Gasteiger partial charge in [0.05, 0.1) is 11.2 Å². The molecule has 1 aromatic rings. The highest BCUT2D eigenvalue weighted by atomic mass is 15.5. The summed E-state index contributed by atoms with van der Waals surface area (Å²) in [4.78, 5) is 4.57. The van der Waals surface area contributed by atoms with Crippen LogP contribution in [-0.4, -0.2) is 18.1 Å². The average Bonchev–Trinajstić information content (AvgIpc) is 2.17. The summed E-state index contributed by atoms with van der Waals surface area (Å²) in [6, 6.07) is 9.88. The number of amidine groups is 1. The topological polar surface area (TPSA) is 28.0 Å². The molecule has 0 radical (unpaired) electrons. The monoisotopic (exact) mass is 217 g/mol. The highest BCUT2D eigenvalue weighted by molar-refractivity contribution is 5.96. The van der Waals surface area contributed by atoms with Gasteiger partial charge in [-0.25, -0.2) is 5.01 Å². The van der Waals surface area contributed by atoms with Gasteiger partial charge in [-0.2, -0.15) is 5.10 Å². The molecule has 0 saturated heterocycles. The van der Waals surface area contributed by atoms with Crippen molar-refractivity contribution in [2.24, 2.45) is 10.1 Å². The van der Waals surface area contributed by atoms with Crippen molar-refractivity contribution >= 4 is 18.2 Å². The molecular formula is C13H19N3. The summed E-state index contributed by atoms with van der Waals surface area (Å²) in [7, 11) is 0. The van der Waals surface area contributed by atoms with Crippen LogP contribution in [0.1, 0.15) is 27.7 Å². The summed E-state index contributed by atoms with van der Waals surface area (Å²) < 4.78 is 0. The van der Waals surface area contributed by atoms with Gasteiger partial charge in [0.25, 0.3) is 0 Å². The van der Waals surface area contributed by atoms with E-state index in [0.29, 0.717) is 0 Å². The Kier molecular flexibility index (Phi) is 3.82. The van der Waals surface area contributed by atoms with Crippen molar-refractivity contribution in [3.8, 4) is 0 Å². The van der Waals surface area contributed by atoms with E-state index in [1.165, 1.54) is 0 Å². The SMILES string of the molecule is C=NN(/C(C)=N/C(C)(C)C)c1ccccc1. The minimum Gasteiger partial charge on any atom is -0.265 e. The molecule has 0 N–H and O–H groups in total. The summed E-state index contributed by atoms with van der Waals surface area (Å²) in [6.45, 7) is 11.7. The molecule has 0 aromatic heterocycles. The fourth-order valence-corrected chi connectivity index (χ4v) is 1.47. The Hall–Kier alpha value is -1.64. The van der Waals surface area contributed by atoms with Crippen molar-refractivity contribution < 1.29 is 0 Å². The number of rotatable bonds is 2. The highest BCUT2D eigenvalue weighted by Crippen LogP contribution is 2.16. The number of hydrogen-bond donors (Lipinski definition) is 0. The van der Waals surface area contributed by atoms with Crippen LogP contribution in [-0.2, 0) is 0 Å². The molecular weight excluding hydrogens is 198 g/mol. The molecule has 0 amide bonds. The molecule has 0 unspecified atom stereocenters. The Morgan fingerprint density at radius 3 is 2.19 bits per heavy atom. The minimum absolute atomic E-state index is 0.109. The lowest BCUT2D eigenvalue weighted by Crippen LogP contribution is -2.26. The molecule has 0 aliphatic heterocycles. The summed E-state index contributed by atoms with van der Waals surface area (Å²) in [5.74, 6) is 0.841. The van der Waals surface area contributed by atoms with Gasteiger partial charge < -0.3 is 0 Å². The van der Waals surface area contributed by atoms with Crippen molar-refractivity contribution in [1.29, 1.82) is 0 Å². The zero-order valence-corrected chi connectivity index (χ0v) is 10.4. The number of nitrogens with zero attached hydrogens (tertiary/aromatic N) is 3. The number of anilines is 1. The first-order valence-corrected chi connectivity index (χ1v) is 5.32. The molecule has 0 heterocycles. The first kappa shape index (κ1) is 12.4. The highest BCUT2D eigenvalue weighted by Gasteiger charge is 2.12. The van der Waals surface area contributed by atoms with Gasteiger partial charge in [0, 0.05) is 6.72 Å². The van der Waals surface area contributed by atoms with Crippen LogP contribution in [0, 0.1) is 0 Å². The third-order valence-electron chi connectivity index (χ3n) is 1.95. The lowest BCUT2D eigenvalue weighted by atomic mass is 10.1. The molecule has 0 saturated carbocycles. The van der Waals surface area contributed by atoms with Crippen LogP contribution in [0.3, 0.4) is 0 Å². The summed E-state index contributed by atoms with van der Waals surface area (Å²) in [5, 5.41) is 5.74. The molecule has 3 heteroatoms. The molecule has 0 aliphatic rings. The molecule has 0 spiro atoms. The maximum atomic E-state index is 4.57. The fourth-order valence-electron chi connectivity index (χ4n) is 1.47. The molecule has 1 aromatic carbocycles. The Balaban J connectivity index is 3.01. The first-order chi connectivity index (χ1) is 7.44. The first-order valence-electron chi connectivity index (χ1n) is 5.32. The van der Waals surface area contributed by atoms with Gasteiger partial charge in [0.2, 0.25) is 0 Å². The molecule has 0 aliphatic carbocycles. The van der Waals surface area contributed by atoms with E-state index in [0.717, 1.165) is 11.5 Å². The molecule has 0 fully saturated rings. The third-order valence-corrected chi connectivity index (χ3v) is 1.95. The van der Waals surface area contributed by atoms with Crippen molar-refractivity contribution in [3.63, 3.8) is 0 Å². The molecule has 0 bridgehead atoms. The molecule has 16 heavy (non-hydrogen) atoms. The van der Waals surface area contributed by atoms with Crippen LogP contribution >= 0.6 is 0 Å². The van der Waals surface area contributed by atoms with Crippen LogP contribution in [0.5, 0.6) is 0 Å². The number of hydrogen-bond acceptors (Lipinski definition) is 2. The lowest BCUT2D eigenvalue weighted by molar-refractivity contribution is 0.581. The van der Waals surface area contributed by atoms with Crippen molar-refractivity contribution in [2.45, 2.75) is 33.2 Å². The molecule has 3 nitrogen and oxygen atoms in total. The van der Waals surface area contributed by atoms with Crippen molar-refractivity contribution in [3.05, 3.63) is 30.3 Å². The van der Waals surface area contributed by atoms with Gasteiger partial charge in [-0.15, -0.1) is 0 Å². The smallest absolute Gasteiger partial charge is 0.122 e. The average molecular weight is 217 g/mol. The van der Waals surface area contributed by atoms with Crippen molar-refractivity contribution in [2.75, 3.05) is 5.01 Å². The quantitative estimate of drug-likeness (QED) is 0.424. The maximum absolute atomic E-state index is 4.57. The predicted octanol–water partition coefficient (Wildman–Crippen LogP) is 3.33. The lowest BCUT2D eigenvalue weighted by Gasteiger charge is -2.21. The van der Waals surface area contributed by atoms with Crippen LogP contribution < -0.4 is 5.01 Å². The third kappa shape index (κ3) is 3.50. The van der Waals surface area contributed by atoms with Gasteiger partial charge in [0.1, 0.15) is 5.84 Å².